The number of H-pyrrole nitrogens is 1. The van der Waals surface area contributed by atoms with Crippen LogP contribution in [0.2, 0.25) is 0 Å². The van der Waals surface area contributed by atoms with Crippen molar-refractivity contribution in [2.24, 2.45) is 5.73 Å². The van der Waals surface area contributed by atoms with Gasteiger partial charge in [-0.25, -0.2) is 4.79 Å². The van der Waals surface area contributed by atoms with Gasteiger partial charge in [-0.2, -0.15) is 0 Å². The van der Waals surface area contributed by atoms with E-state index in [1.807, 2.05) is 25.1 Å². The minimum Gasteiger partial charge on any atom is -0.478 e. The summed E-state index contributed by atoms with van der Waals surface area (Å²) in [5, 5.41) is 11.8. The van der Waals surface area contributed by atoms with Gasteiger partial charge in [0.05, 0.1) is 16.1 Å². The van der Waals surface area contributed by atoms with Crippen molar-refractivity contribution in [3.05, 3.63) is 59.2 Å². The first-order valence-corrected chi connectivity index (χ1v) is 9.98. The van der Waals surface area contributed by atoms with Gasteiger partial charge in [0.25, 0.3) is 0 Å². The Bertz CT molecular complexity index is 1110. The molecule has 4 N–H and O–H groups in total. The maximum atomic E-state index is 11.9. The monoisotopic (exact) mass is 378 g/mol. The van der Waals surface area contributed by atoms with Crippen LogP contribution < -0.4 is 5.73 Å². The van der Waals surface area contributed by atoms with Gasteiger partial charge in [-0.1, -0.05) is 24.3 Å². The molecule has 27 heavy (non-hydrogen) atoms. The van der Waals surface area contributed by atoms with E-state index in [-0.39, 0.29) is 0 Å². The van der Waals surface area contributed by atoms with Crippen molar-refractivity contribution in [3.8, 4) is 10.6 Å². The molecule has 0 atom stereocenters. The van der Waals surface area contributed by atoms with Crippen molar-refractivity contribution < 1.29 is 9.90 Å². The number of rotatable bonds is 6. The van der Waals surface area contributed by atoms with Crippen molar-refractivity contribution in [2.45, 2.75) is 26.2 Å². The number of carbonyl (C=O) groups is 1. The molecule has 2 aromatic heterocycles. The number of aryl methyl sites for hydroxylation is 2. The second-order valence-corrected chi connectivity index (χ2v) is 7.94. The largest absolute Gasteiger partial charge is 0.478 e. The molecular weight excluding hydrogens is 356 g/mol. The second-order valence-electron chi connectivity index (χ2n) is 6.86. The van der Waals surface area contributed by atoms with Crippen molar-refractivity contribution in [2.75, 3.05) is 6.54 Å². The number of fused-ring (bicyclic) bond motifs is 2. The van der Waals surface area contributed by atoms with Crippen LogP contribution in [0.4, 0.5) is 0 Å². The summed E-state index contributed by atoms with van der Waals surface area (Å²) in [4.78, 5) is 16.6. The Labute approximate surface area is 161 Å². The molecule has 0 bridgehead atoms. The Morgan fingerprint density at radius 1 is 1.19 bits per heavy atom. The number of carboxylic acid groups (broad SMARTS) is 1. The molecule has 138 valence electrons. The third-order valence-corrected chi connectivity index (χ3v) is 6.18. The van der Waals surface area contributed by atoms with Crippen LogP contribution in [0.1, 0.15) is 34.3 Å². The summed E-state index contributed by atoms with van der Waals surface area (Å²) in [6.07, 6.45) is 2.67. The number of carboxylic acids is 1. The molecule has 0 unspecified atom stereocenters. The van der Waals surface area contributed by atoms with Gasteiger partial charge in [0.2, 0.25) is 0 Å². The Hall–Kier alpha value is -2.63. The van der Waals surface area contributed by atoms with Crippen molar-refractivity contribution in [3.63, 3.8) is 0 Å². The van der Waals surface area contributed by atoms with Crippen LogP contribution in [-0.2, 0) is 6.42 Å². The fraction of sp³-hybridized carbons (Fsp3) is 0.227. The SMILES string of the molecule is Cc1ccc(C(=O)O)c2c(CCCCN)c(-c3cc4ccccc4s3)[nH]c12. The smallest absolute Gasteiger partial charge is 0.336 e. The van der Waals surface area contributed by atoms with Crippen molar-refractivity contribution in [1.29, 1.82) is 0 Å². The maximum absolute atomic E-state index is 11.9. The number of aromatic amines is 1. The highest BCUT2D eigenvalue weighted by Crippen LogP contribution is 2.40. The highest BCUT2D eigenvalue weighted by atomic mass is 32.1. The van der Waals surface area contributed by atoms with Gasteiger partial charge in [0.15, 0.2) is 0 Å². The summed E-state index contributed by atoms with van der Waals surface area (Å²) < 4.78 is 1.23. The van der Waals surface area contributed by atoms with E-state index in [0.717, 1.165) is 51.9 Å². The molecule has 4 rings (SSSR count). The predicted molar refractivity (Wildman–Crippen MR) is 113 cm³/mol. The molecule has 0 radical (unpaired) electrons. The zero-order valence-electron chi connectivity index (χ0n) is 15.2. The first kappa shape index (κ1) is 17.8. The molecule has 0 amide bonds. The topological polar surface area (TPSA) is 79.1 Å². The molecule has 0 spiro atoms. The summed E-state index contributed by atoms with van der Waals surface area (Å²) in [6, 6.07) is 14.1. The predicted octanol–water partition coefficient (Wildman–Crippen LogP) is 5.34. The minimum atomic E-state index is -0.887. The molecular formula is C22H22N2O2S. The van der Waals surface area contributed by atoms with Gasteiger partial charge >= 0.3 is 5.97 Å². The Balaban J connectivity index is 1.98. The summed E-state index contributed by atoms with van der Waals surface area (Å²) in [7, 11) is 0. The van der Waals surface area contributed by atoms with E-state index in [4.69, 9.17) is 5.73 Å². The van der Waals surface area contributed by atoms with E-state index in [1.165, 1.54) is 10.1 Å². The molecule has 5 heteroatoms. The van der Waals surface area contributed by atoms with Gasteiger partial charge in [0, 0.05) is 15.6 Å². The van der Waals surface area contributed by atoms with Gasteiger partial charge in [-0.3, -0.25) is 0 Å². The number of nitrogens with two attached hydrogens (primary N) is 1. The van der Waals surface area contributed by atoms with Crippen molar-refractivity contribution in [1.82, 2.24) is 4.98 Å². The van der Waals surface area contributed by atoms with Crippen LogP contribution >= 0.6 is 11.3 Å². The van der Waals surface area contributed by atoms with Crippen LogP contribution in [-0.4, -0.2) is 22.6 Å². The lowest BCUT2D eigenvalue weighted by atomic mass is 9.98. The van der Waals surface area contributed by atoms with Crippen LogP contribution in [0.3, 0.4) is 0 Å². The van der Waals surface area contributed by atoms with E-state index in [1.54, 1.807) is 17.4 Å². The molecule has 2 aromatic carbocycles. The number of benzene rings is 2. The van der Waals surface area contributed by atoms with Crippen LogP contribution in [0, 0.1) is 6.92 Å². The minimum absolute atomic E-state index is 0.363. The molecule has 4 aromatic rings. The average molecular weight is 378 g/mol. The second kappa shape index (κ2) is 7.18. The summed E-state index contributed by atoms with van der Waals surface area (Å²) in [5.41, 5.74) is 10.2. The van der Waals surface area contributed by atoms with E-state index < -0.39 is 5.97 Å². The van der Waals surface area contributed by atoms with Gasteiger partial charge < -0.3 is 15.8 Å². The number of unbranched alkanes of at least 4 members (excludes halogenated alkanes) is 1. The van der Waals surface area contributed by atoms with Crippen molar-refractivity contribution >= 4 is 38.3 Å². The third-order valence-electron chi connectivity index (χ3n) is 5.05. The van der Waals surface area contributed by atoms with E-state index in [0.29, 0.717) is 12.1 Å². The fourth-order valence-electron chi connectivity index (χ4n) is 3.70. The molecule has 0 saturated heterocycles. The standard InChI is InChI=1S/C22H22N2O2S/c1-13-9-10-16(22(25)26)19-15(7-4-5-11-23)21(24-20(13)19)18-12-14-6-2-3-8-17(14)27-18/h2-3,6,8-10,12,24H,4-5,7,11,23H2,1H3,(H,25,26). The highest BCUT2D eigenvalue weighted by Gasteiger charge is 2.21. The lowest BCUT2D eigenvalue weighted by molar-refractivity contribution is 0.0699. The molecule has 0 aliphatic rings. The van der Waals surface area contributed by atoms with E-state index >= 15 is 0 Å². The number of thiophene rings is 1. The quantitative estimate of drug-likeness (QED) is 0.396. The van der Waals surface area contributed by atoms with Crippen LogP contribution in [0.25, 0.3) is 31.6 Å². The van der Waals surface area contributed by atoms with Gasteiger partial charge in [-0.05, 0) is 67.4 Å². The van der Waals surface area contributed by atoms with E-state index in [2.05, 4.69) is 23.2 Å². The number of nitrogens with one attached hydrogen (secondary N) is 1. The number of aromatic carboxylic acids is 1. The number of aromatic nitrogens is 1. The summed E-state index contributed by atoms with van der Waals surface area (Å²) in [5.74, 6) is -0.887. The Morgan fingerprint density at radius 3 is 2.74 bits per heavy atom. The molecule has 0 aliphatic heterocycles. The molecule has 4 nitrogen and oxygen atoms in total. The van der Waals surface area contributed by atoms with Gasteiger partial charge in [0.1, 0.15) is 0 Å². The number of hydrogen-bond acceptors (Lipinski definition) is 3. The zero-order chi connectivity index (χ0) is 19.0. The van der Waals surface area contributed by atoms with E-state index in [9.17, 15) is 9.90 Å². The molecule has 0 fully saturated rings. The molecule has 2 heterocycles. The van der Waals surface area contributed by atoms with Gasteiger partial charge in [-0.15, -0.1) is 11.3 Å². The Morgan fingerprint density at radius 2 is 2.00 bits per heavy atom. The fourth-order valence-corrected chi connectivity index (χ4v) is 4.79. The summed E-state index contributed by atoms with van der Waals surface area (Å²) >= 11 is 1.74. The average Bonchev–Trinajstić information content (AvgIpc) is 3.24. The summed E-state index contributed by atoms with van der Waals surface area (Å²) in [6.45, 7) is 2.66. The lowest BCUT2D eigenvalue weighted by Gasteiger charge is -2.06. The highest BCUT2D eigenvalue weighted by molar-refractivity contribution is 7.22. The number of hydrogen-bond donors (Lipinski definition) is 3. The first-order chi connectivity index (χ1) is 13.1. The normalized spacial score (nSPS) is 11.5. The van der Waals surface area contributed by atoms with Crippen LogP contribution in [0.15, 0.2) is 42.5 Å². The zero-order valence-corrected chi connectivity index (χ0v) is 16.0. The molecule has 0 aliphatic carbocycles. The first-order valence-electron chi connectivity index (χ1n) is 9.16. The lowest BCUT2D eigenvalue weighted by Crippen LogP contribution is -2.01. The van der Waals surface area contributed by atoms with Crippen LogP contribution in [0.5, 0.6) is 0 Å². The molecule has 0 saturated carbocycles. The third kappa shape index (κ3) is 3.13. The maximum Gasteiger partial charge on any atom is 0.336 e. The Kier molecular flexibility index (Phi) is 4.72.